The molecule has 20 heavy (non-hydrogen) atoms. The Balaban J connectivity index is 2.09. The molecule has 0 unspecified atom stereocenters. The third-order valence-corrected chi connectivity index (χ3v) is 3.31. The second-order valence-corrected chi connectivity index (χ2v) is 5.45. The zero-order valence-corrected chi connectivity index (χ0v) is 12.7. The van der Waals surface area contributed by atoms with E-state index in [0.29, 0.717) is 6.04 Å². The average Bonchev–Trinajstić information content (AvgIpc) is 2.37. The predicted octanol–water partition coefficient (Wildman–Crippen LogP) is 1.27. The minimum atomic E-state index is 0.144. The summed E-state index contributed by atoms with van der Waals surface area (Å²) >= 11 is 0. The number of hydrogen-bond acceptors (Lipinski definition) is 5. The Hall–Kier alpha value is -1.85. The van der Waals surface area contributed by atoms with Crippen LogP contribution >= 0.6 is 0 Å². The van der Waals surface area contributed by atoms with E-state index in [0.717, 1.165) is 43.6 Å². The number of piperazine rings is 1. The number of aromatic nitrogens is 2. The minimum Gasteiger partial charge on any atom is -0.368 e. The second kappa shape index (κ2) is 6.07. The van der Waals surface area contributed by atoms with Crippen LogP contribution < -0.4 is 10.2 Å². The Labute approximate surface area is 120 Å². The van der Waals surface area contributed by atoms with Gasteiger partial charge in [0.1, 0.15) is 17.5 Å². The van der Waals surface area contributed by atoms with Crippen LogP contribution in [0.3, 0.4) is 0 Å². The molecule has 0 atom stereocenters. The molecule has 0 saturated carbocycles. The van der Waals surface area contributed by atoms with E-state index in [4.69, 9.17) is 0 Å². The summed E-state index contributed by atoms with van der Waals surface area (Å²) in [6.07, 6.45) is 0. The maximum absolute atomic E-state index is 11.3. The van der Waals surface area contributed by atoms with Gasteiger partial charge in [-0.1, -0.05) is 0 Å². The number of carbonyl (C=O) groups is 1. The molecule has 110 valence electrons. The number of carbonyl (C=O) groups excluding carboxylic acids is 1. The number of anilines is 2. The molecular formula is C14H23N5O. The highest BCUT2D eigenvalue weighted by Crippen LogP contribution is 2.18. The lowest BCUT2D eigenvalue weighted by Crippen LogP contribution is -2.48. The molecule has 6 heteroatoms. The molecule has 1 aromatic rings. The molecular weight excluding hydrogens is 254 g/mol. The van der Waals surface area contributed by atoms with E-state index in [1.165, 1.54) is 0 Å². The summed E-state index contributed by atoms with van der Waals surface area (Å²) in [6, 6.07) is 2.32. The van der Waals surface area contributed by atoms with Crippen LogP contribution in [0.25, 0.3) is 0 Å². The van der Waals surface area contributed by atoms with E-state index in [1.807, 2.05) is 17.9 Å². The topological polar surface area (TPSA) is 61.4 Å². The molecule has 2 rings (SSSR count). The summed E-state index contributed by atoms with van der Waals surface area (Å²) in [4.78, 5) is 24.3. The zero-order valence-electron chi connectivity index (χ0n) is 12.7. The lowest BCUT2D eigenvalue weighted by atomic mass is 10.3. The van der Waals surface area contributed by atoms with Gasteiger partial charge in [-0.3, -0.25) is 4.79 Å². The molecule has 1 fully saturated rings. The largest absolute Gasteiger partial charge is 0.368 e. The fourth-order valence-electron chi connectivity index (χ4n) is 2.33. The third-order valence-electron chi connectivity index (χ3n) is 3.31. The first-order valence-corrected chi connectivity index (χ1v) is 7.08. The molecule has 6 nitrogen and oxygen atoms in total. The molecule has 0 aromatic carbocycles. The van der Waals surface area contributed by atoms with Gasteiger partial charge in [0.05, 0.1) is 0 Å². The van der Waals surface area contributed by atoms with Crippen LogP contribution in [0, 0.1) is 6.92 Å². The van der Waals surface area contributed by atoms with Gasteiger partial charge in [0.2, 0.25) is 5.91 Å². The van der Waals surface area contributed by atoms with Crippen molar-refractivity contribution in [1.82, 2.24) is 14.9 Å². The Morgan fingerprint density at radius 1 is 1.25 bits per heavy atom. The summed E-state index contributed by atoms with van der Waals surface area (Å²) in [7, 11) is 0. The molecule has 0 spiro atoms. The average molecular weight is 277 g/mol. The van der Waals surface area contributed by atoms with E-state index in [1.54, 1.807) is 6.92 Å². The summed E-state index contributed by atoms with van der Waals surface area (Å²) < 4.78 is 0. The molecule has 0 aliphatic carbocycles. The minimum absolute atomic E-state index is 0.144. The van der Waals surface area contributed by atoms with E-state index >= 15 is 0 Å². The second-order valence-electron chi connectivity index (χ2n) is 5.45. The van der Waals surface area contributed by atoms with Gasteiger partial charge in [-0.05, 0) is 20.8 Å². The predicted molar refractivity (Wildman–Crippen MR) is 80.0 cm³/mol. The van der Waals surface area contributed by atoms with Gasteiger partial charge in [-0.25, -0.2) is 9.97 Å². The number of hydrogen-bond donors (Lipinski definition) is 1. The zero-order chi connectivity index (χ0) is 14.7. The van der Waals surface area contributed by atoms with Gasteiger partial charge >= 0.3 is 0 Å². The molecule has 2 heterocycles. The molecule has 0 bridgehead atoms. The van der Waals surface area contributed by atoms with Crippen LogP contribution in [0.4, 0.5) is 11.6 Å². The fraction of sp³-hybridized carbons (Fsp3) is 0.643. The van der Waals surface area contributed by atoms with Crippen LogP contribution in [0.1, 0.15) is 26.6 Å². The maximum Gasteiger partial charge on any atom is 0.219 e. The highest BCUT2D eigenvalue weighted by atomic mass is 16.2. The van der Waals surface area contributed by atoms with Crippen molar-refractivity contribution in [3.05, 3.63) is 11.9 Å². The van der Waals surface area contributed by atoms with Gasteiger partial charge in [-0.15, -0.1) is 0 Å². The Morgan fingerprint density at radius 2 is 1.90 bits per heavy atom. The summed E-state index contributed by atoms with van der Waals surface area (Å²) in [5, 5.41) is 3.31. The van der Waals surface area contributed by atoms with Crippen molar-refractivity contribution < 1.29 is 4.79 Å². The van der Waals surface area contributed by atoms with Crippen molar-refractivity contribution in [1.29, 1.82) is 0 Å². The monoisotopic (exact) mass is 277 g/mol. The number of nitrogens with one attached hydrogen (secondary N) is 1. The Morgan fingerprint density at radius 3 is 2.45 bits per heavy atom. The quantitative estimate of drug-likeness (QED) is 0.901. The van der Waals surface area contributed by atoms with Crippen molar-refractivity contribution >= 4 is 17.5 Å². The van der Waals surface area contributed by atoms with Gasteiger partial charge < -0.3 is 15.1 Å². The smallest absolute Gasteiger partial charge is 0.219 e. The SMILES string of the molecule is CC(=O)N1CCN(c2cc(NC(C)C)nc(C)n2)CC1. The third kappa shape index (κ3) is 3.59. The molecule has 0 radical (unpaired) electrons. The van der Waals surface area contributed by atoms with Crippen molar-refractivity contribution in [3.63, 3.8) is 0 Å². The number of rotatable bonds is 3. The molecule has 1 aromatic heterocycles. The fourth-order valence-corrected chi connectivity index (χ4v) is 2.33. The van der Waals surface area contributed by atoms with Crippen LogP contribution in [-0.2, 0) is 4.79 Å². The van der Waals surface area contributed by atoms with Gasteiger partial charge in [0.25, 0.3) is 0 Å². The van der Waals surface area contributed by atoms with Crippen molar-refractivity contribution in [3.8, 4) is 0 Å². The van der Waals surface area contributed by atoms with Crippen LogP contribution in [0.5, 0.6) is 0 Å². The van der Waals surface area contributed by atoms with E-state index in [2.05, 4.69) is 34.0 Å². The maximum atomic E-state index is 11.3. The Kier molecular flexibility index (Phi) is 4.42. The first kappa shape index (κ1) is 14.6. The van der Waals surface area contributed by atoms with Crippen LogP contribution in [-0.4, -0.2) is 53.0 Å². The van der Waals surface area contributed by atoms with E-state index < -0.39 is 0 Å². The number of amides is 1. The van der Waals surface area contributed by atoms with Gasteiger partial charge in [0.15, 0.2) is 0 Å². The van der Waals surface area contributed by atoms with Crippen molar-refractivity contribution in [2.24, 2.45) is 0 Å². The molecule has 1 aliphatic rings. The number of nitrogens with zero attached hydrogens (tertiary/aromatic N) is 4. The normalized spacial score (nSPS) is 15.7. The van der Waals surface area contributed by atoms with Crippen molar-refractivity contribution in [2.75, 3.05) is 36.4 Å². The standard InChI is InChI=1S/C14H23N5O/c1-10(2)15-13-9-14(17-11(3)16-13)19-7-5-18(6-8-19)12(4)20/h9-10H,5-8H2,1-4H3,(H,15,16,17). The van der Waals surface area contributed by atoms with Gasteiger partial charge in [0, 0.05) is 45.2 Å². The highest BCUT2D eigenvalue weighted by molar-refractivity contribution is 5.73. The van der Waals surface area contributed by atoms with Gasteiger partial charge in [-0.2, -0.15) is 0 Å². The molecule has 1 saturated heterocycles. The lowest BCUT2D eigenvalue weighted by molar-refractivity contribution is -0.129. The number of aryl methyl sites for hydroxylation is 1. The molecule has 1 aliphatic heterocycles. The summed E-state index contributed by atoms with van der Waals surface area (Å²) in [5.74, 6) is 2.70. The summed E-state index contributed by atoms with van der Waals surface area (Å²) in [5.41, 5.74) is 0. The van der Waals surface area contributed by atoms with Crippen molar-refractivity contribution in [2.45, 2.75) is 33.7 Å². The molecule has 1 N–H and O–H groups in total. The highest BCUT2D eigenvalue weighted by Gasteiger charge is 2.20. The first-order valence-electron chi connectivity index (χ1n) is 7.08. The lowest BCUT2D eigenvalue weighted by Gasteiger charge is -2.35. The van der Waals surface area contributed by atoms with E-state index in [9.17, 15) is 4.79 Å². The van der Waals surface area contributed by atoms with Crippen LogP contribution in [0.15, 0.2) is 6.07 Å². The first-order chi connectivity index (χ1) is 9.45. The van der Waals surface area contributed by atoms with Crippen LogP contribution in [0.2, 0.25) is 0 Å². The Bertz CT molecular complexity index is 480. The summed E-state index contributed by atoms with van der Waals surface area (Å²) in [6.45, 7) is 10.8. The molecule has 1 amide bonds. The van der Waals surface area contributed by atoms with E-state index in [-0.39, 0.29) is 5.91 Å².